The Labute approximate surface area is 141 Å². The summed E-state index contributed by atoms with van der Waals surface area (Å²) in [6.45, 7) is 4.13. The largest absolute Gasteiger partial charge is 0.368 e. The van der Waals surface area contributed by atoms with Crippen molar-refractivity contribution in [3.8, 4) is 11.3 Å². The number of aromatic nitrogens is 1. The van der Waals surface area contributed by atoms with Gasteiger partial charge in [0.2, 0.25) is 0 Å². The third-order valence-corrected chi connectivity index (χ3v) is 4.68. The molecule has 0 atom stereocenters. The quantitative estimate of drug-likeness (QED) is 0.716. The number of para-hydroxylation sites is 1. The highest BCUT2D eigenvalue weighted by atomic mass is 19.1. The lowest BCUT2D eigenvalue weighted by atomic mass is 10.1. The number of pyridine rings is 1. The number of hydrogen-bond acceptors (Lipinski definition) is 3. The topological polar surface area (TPSA) is 19.4 Å². The number of benzene rings is 2. The fourth-order valence-electron chi connectivity index (χ4n) is 3.23. The van der Waals surface area contributed by atoms with E-state index in [4.69, 9.17) is 4.98 Å². The Balaban J connectivity index is 1.83. The summed E-state index contributed by atoms with van der Waals surface area (Å²) in [5, 5.41) is 1.17. The minimum absolute atomic E-state index is 0.223. The summed E-state index contributed by atoms with van der Waals surface area (Å²) in [5.41, 5.74) is 4.03. The predicted octanol–water partition coefficient (Wildman–Crippen LogP) is 3.79. The maximum Gasteiger partial charge on any atom is 0.123 e. The number of piperazine rings is 1. The standard InChI is InChI=1S/C20H20FN3/c1-23-10-12-24(13-11-23)20-14-19(15-6-8-16(21)9-7-15)22-18-5-3-2-4-17(18)20/h2-9,14H,10-13H2,1H3. The van der Waals surface area contributed by atoms with E-state index in [1.807, 2.05) is 12.1 Å². The summed E-state index contributed by atoms with van der Waals surface area (Å²) < 4.78 is 13.2. The van der Waals surface area contributed by atoms with Gasteiger partial charge in [-0.05, 0) is 43.4 Å². The van der Waals surface area contributed by atoms with Crippen molar-refractivity contribution < 1.29 is 4.39 Å². The molecule has 2 heterocycles. The lowest BCUT2D eigenvalue weighted by Gasteiger charge is -2.34. The van der Waals surface area contributed by atoms with Gasteiger partial charge in [0, 0.05) is 42.8 Å². The van der Waals surface area contributed by atoms with Crippen molar-refractivity contribution in [1.82, 2.24) is 9.88 Å². The van der Waals surface area contributed by atoms with Gasteiger partial charge in [-0.15, -0.1) is 0 Å². The first-order chi connectivity index (χ1) is 11.7. The monoisotopic (exact) mass is 321 g/mol. The minimum atomic E-state index is -0.223. The third-order valence-electron chi connectivity index (χ3n) is 4.68. The molecule has 4 rings (SSSR count). The van der Waals surface area contributed by atoms with E-state index < -0.39 is 0 Å². The van der Waals surface area contributed by atoms with Crippen LogP contribution < -0.4 is 4.90 Å². The lowest BCUT2D eigenvalue weighted by Crippen LogP contribution is -2.44. The predicted molar refractivity (Wildman–Crippen MR) is 96.8 cm³/mol. The van der Waals surface area contributed by atoms with E-state index >= 15 is 0 Å². The highest BCUT2D eigenvalue weighted by molar-refractivity contribution is 5.94. The number of nitrogens with zero attached hydrogens (tertiary/aromatic N) is 3. The van der Waals surface area contributed by atoms with E-state index in [9.17, 15) is 4.39 Å². The fourth-order valence-corrected chi connectivity index (χ4v) is 3.23. The first-order valence-corrected chi connectivity index (χ1v) is 8.30. The van der Waals surface area contributed by atoms with Crippen molar-refractivity contribution in [1.29, 1.82) is 0 Å². The molecule has 0 bridgehead atoms. The summed E-state index contributed by atoms with van der Waals surface area (Å²) in [7, 11) is 2.16. The van der Waals surface area contributed by atoms with Gasteiger partial charge in [0.15, 0.2) is 0 Å². The van der Waals surface area contributed by atoms with Crippen LogP contribution in [-0.2, 0) is 0 Å². The average Bonchev–Trinajstić information content (AvgIpc) is 2.62. The molecule has 0 N–H and O–H groups in total. The Morgan fingerprint density at radius 3 is 2.38 bits per heavy atom. The van der Waals surface area contributed by atoms with Crippen molar-refractivity contribution in [2.75, 3.05) is 38.1 Å². The van der Waals surface area contributed by atoms with Gasteiger partial charge >= 0.3 is 0 Å². The van der Waals surface area contributed by atoms with Gasteiger partial charge in [0.25, 0.3) is 0 Å². The van der Waals surface area contributed by atoms with E-state index in [1.54, 1.807) is 12.1 Å². The van der Waals surface area contributed by atoms with Gasteiger partial charge < -0.3 is 9.80 Å². The lowest BCUT2D eigenvalue weighted by molar-refractivity contribution is 0.313. The molecule has 3 aromatic rings. The summed E-state index contributed by atoms with van der Waals surface area (Å²) in [4.78, 5) is 9.56. The van der Waals surface area contributed by atoms with Gasteiger partial charge in [0.05, 0.1) is 11.2 Å². The number of hydrogen-bond donors (Lipinski definition) is 0. The Kier molecular flexibility index (Phi) is 3.90. The molecular formula is C20H20FN3. The van der Waals surface area contributed by atoms with Crippen LogP contribution in [0.2, 0.25) is 0 Å². The highest BCUT2D eigenvalue weighted by Gasteiger charge is 2.18. The number of anilines is 1. The van der Waals surface area contributed by atoms with E-state index in [2.05, 4.69) is 35.0 Å². The second-order valence-corrected chi connectivity index (χ2v) is 6.34. The van der Waals surface area contributed by atoms with Crippen LogP contribution in [0.15, 0.2) is 54.6 Å². The van der Waals surface area contributed by atoms with Crippen molar-refractivity contribution in [3.05, 3.63) is 60.4 Å². The third kappa shape index (κ3) is 2.85. The van der Waals surface area contributed by atoms with Gasteiger partial charge in [0.1, 0.15) is 5.82 Å². The molecule has 1 fully saturated rings. The number of rotatable bonds is 2. The maximum atomic E-state index is 13.2. The highest BCUT2D eigenvalue weighted by Crippen LogP contribution is 2.31. The number of fused-ring (bicyclic) bond motifs is 1. The van der Waals surface area contributed by atoms with Crippen LogP contribution in [0.25, 0.3) is 22.2 Å². The van der Waals surface area contributed by atoms with Gasteiger partial charge in [-0.1, -0.05) is 18.2 Å². The van der Waals surface area contributed by atoms with E-state index in [-0.39, 0.29) is 5.82 Å². The van der Waals surface area contributed by atoms with Crippen LogP contribution in [0.4, 0.5) is 10.1 Å². The number of likely N-dealkylation sites (N-methyl/N-ethyl adjacent to an activating group) is 1. The van der Waals surface area contributed by atoms with E-state index in [1.165, 1.54) is 23.2 Å². The zero-order valence-electron chi connectivity index (χ0n) is 13.7. The van der Waals surface area contributed by atoms with Crippen LogP contribution in [0.5, 0.6) is 0 Å². The van der Waals surface area contributed by atoms with Crippen molar-refractivity contribution in [2.45, 2.75) is 0 Å². The van der Waals surface area contributed by atoms with Crippen molar-refractivity contribution >= 4 is 16.6 Å². The van der Waals surface area contributed by atoms with Crippen molar-refractivity contribution in [2.24, 2.45) is 0 Å². The first kappa shape index (κ1) is 15.1. The molecule has 0 spiro atoms. The van der Waals surface area contributed by atoms with E-state index in [0.29, 0.717) is 0 Å². The molecule has 3 nitrogen and oxygen atoms in total. The molecule has 0 unspecified atom stereocenters. The normalized spacial score (nSPS) is 15.8. The van der Waals surface area contributed by atoms with Crippen molar-refractivity contribution in [3.63, 3.8) is 0 Å². The fraction of sp³-hybridized carbons (Fsp3) is 0.250. The van der Waals surface area contributed by atoms with Crippen LogP contribution in [-0.4, -0.2) is 43.1 Å². The molecular weight excluding hydrogens is 301 g/mol. The zero-order chi connectivity index (χ0) is 16.5. The molecule has 0 aliphatic carbocycles. The van der Waals surface area contributed by atoms with Crippen LogP contribution in [0.1, 0.15) is 0 Å². The summed E-state index contributed by atoms with van der Waals surface area (Å²) >= 11 is 0. The van der Waals surface area contributed by atoms with Gasteiger partial charge in [-0.2, -0.15) is 0 Å². The van der Waals surface area contributed by atoms with Crippen LogP contribution >= 0.6 is 0 Å². The number of halogens is 1. The van der Waals surface area contributed by atoms with E-state index in [0.717, 1.165) is 43.0 Å². The first-order valence-electron chi connectivity index (χ1n) is 8.30. The SMILES string of the molecule is CN1CCN(c2cc(-c3ccc(F)cc3)nc3ccccc23)CC1. The Morgan fingerprint density at radius 2 is 1.62 bits per heavy atom. The summed E-state index contributed by atoms with van der Waals surface area (Å²) in [6, 6.07) is 16.9. The average molecular weight is 321 g/mol. The Bertz CT molecular complexity index is 852. The van der Waals surface area contributed by atoms with Crippen LogP contribution in [0.3, 0.4) is 0 Å². The molecule has 0 amide bonds. The summed E-state index contributed by atoms with van der Waals surface area (Å²) in [5.74, 6) is -0.223. The summed E-state index contributed by atoms with van der Waals surface area (Å²) in [6.07, 6.45) is 0. The maximum absolute atomic E-state index is 13.2. The van der Waals surface area contributed by atoms with Gasteiger partial charge in [-0.3, -0.25) is 0 Å². The molecule has 2 aromatic carbocycles. The van der Waals surface area contributed by atoms with Crippen LogP contribution in [0, 0.1) is 5.82 Å². The Morgan fingerprint density at radius 1 is 0.917 bits per heavy atom. The molecule has 1 aromatic heterocycles. The smallest absolute Gasteiger partial charge is 0.123 e. The molecule has 0 radical (unpaired) electrons. The second-order valence-electron chi connectivity index (χ2n) is 6.34. The zero-order valence-corrected chi connectivity index (χ0v) is 13.7. The molecule has 0 saturated carbocycles. The molecule has 122 valence electrons. The molecule has 24 heavy (non-hydrogen) atoms. The minimum Gasteiger partial charge on any atom is -0.368 e. The second kappa shape index (κ2) is 6.21. The molecule has 4 heteroatoms. The molecule has 1 aliphatic heterocycles. The van der Waals surface area contributed by atoms with Gasteiger partial charge in [-0.25, -0.2) is 9.37 Å². The molecule has 1 saturated heterocycles. The molecule has 1 aliphatic rings. The Hall–Kier alpha value is -2.46.